The molecule has 0 aliphatic carbocycles. The maximum Gasteiger partial charge on any atom is 0.308 e. The first kappa shape index (κ1) is 16.9. The molecule has 4 heteroatoms. The second-order valence-electron chi connectivity index (χ2n) is 5.09. The minimum atomic E-state index is -0.730. The van der Waals surface area contributed by atoms with Crippen LogP contribution in [0.4, 0.5) is 5.69 Å². The fourth-order valence-electron chi connectivity index (χ4n) is 2.09. The molecule has 0 aromatic heterocycles. The van der Waals surface area contributed by atoms with Crippen molar-refractivity contribution in [2.24, 2.45) is 5.92 Å². The summed E-state index contributed by atoms with van der Waals surface area (Å²) >= 11 is 1.71. The highest BCUT2D eigenvalue weighted by molar-refractivity contribution is 7.98. The molecular weight excluding hydrogens is 270 g/mol. The van der Waals surface area contributed by atoms with E-state index in [-0.39, 0.29) is 5.92 Å². The smallest absolute Gasteiger partial charge is 0.308 e. The average molecular weight is 295 g/mol. The molecule has 3 nitrogen and oxygen atoms in total. The number of anilines is 1. The standard InChI is InChI=1S/C16H25NO2S/c1-4-5-6-10-17(12-13(2)16(18)19)14-8-7-9-15(11-14)20-3/h7-9,11,13H,4-6,10,12H2,1-3H3,(H,18,19). The van der Waals surface area contributed by atoms with E-state index in [1.165, 1.54) is 17.7 Å². The van der Waals surface area contributed by atoms with Crippen LogP contribution in [0.3, 0.4) is 0 Å². The van der Waals surface area contributed by atoms with Crippen LogP contribution in [0.2, 0.25) is 0 Å². The van der Waals surface area contributed by atoms with Gasteiger partial charge in [0.05, 0.1) is 5.92 Å². The maximum absolute atomic E-state index is 11.1. The molecule has 0 radical (unpaired) electrons. The topological polar surface area (TPSA) is 40.5 Å². The molecule has 0 saturated heterocycles. The highest BCUT2D eigenvalue weighted by Gasteiger charge is 2.16. The van der Waals surface area contributed by atoms with Gasteiger partial charge in [0.2, 0.25) is 0 Å². The lowest BCUT2D eigenvalue weighted by Crippen LogP contribution is -2.32. The molecule has 20 heavy (non-hydrogen) atoms. The molecule has 0 aliphatic heterocycles. The van der Waals surface area contributed by atoms with E-state index < -0.39 is 5.97 Å². The van der Waals surface area contributed by atoms with Crippen LogP contribution in [0.5, 0.6) is 0 Å². The van der Waals surface area contributed by atoms with Gasteiger partial charge >= 0.3 is 5.97 Å². The van der Waals surface area contributed by atoms with Gasteiger partial charge in [0.1, 0.15) is 0 Å². The zero-order valence-electron chi connectivity index (χ0n) is 12.6. The van der Waals surface area contributed by atoms with Crippen LogP contribution in [-0.2, 0) is 4.79 Å². The second-order valence-corrected chi connectivity index (χ2v) is 5.97. The number of carboxylic acid groups (broad SMARTS) is 1. The molecule has 1 aromatic rings. The fourth-order valence-corrected chi connectivity index (χ4v) is 2.55. The lowest BCUT2D eigenvalue weighted by Gasteiger charge is -2.27. The van der Waals surface area contributed by atoms with Gasteiger partial charge in [0, 0.05) is 23.7 Å². The lowest BCUT2D eigenvalue weighted by atomic mass is 10.1. The lowest BCUT2D eigenvalue weighted by molar-refractivity contribution is -0.140. The van der Waals surface area contributed by atoms with Crippen LogP contribution < -0.4 is 4.90 Å². The van der Waals surface area contributed by atoms with Gasteiger partial charge in [-0.15, -0.1) is 11.8 Å². The molecule has 1 aromatic carbocycles. The summed E-state index contributed by atoms with van der Waals surface area (Å²) in [6.45, 7) is 5.44. The van der Waals surface area contributed by atoms with E-state index in [1.54, 1.807) is 18.7 Å². The van der Waals surface area contributed by atoms with Gasteiger partial charge in [-0.2, -0.15) is 0 Å². The van der Waals surface area contributed by atoms with Crippen LogP contribution >= 0.6 is 11.8 Å². The summed E-state index contributed by atoms with van der Waals surface area (Å²) in [5.74, 6) is -1.08. The summed E-state index contributed by atoms with van der Waals surface area (Å²) in [4.78, 5) is 14.5. The molecule has 1 unspecified atom stereocenters. The zero-order valence-corrected chi connectivity index (χ0v) is 13.4. The number of nitrogens with zero attached hydrogens (tertiary/aromatic N) is 1. The van der Waals surface area contributed by atoms with Crippen molar-refractivity contribution >= 4 is 23.4 Å². The van der Waals surface area contributed by atoms with Crippen LogP contribution in [0.1, 0.15) is 33.1 Å². The van der Waals surface area contributed by atoms with E-state index in [1.807, 2.05) is 6.07 Å². The van der Waals surface area contributed by atoms with E-state index in [9.17, 15) is 4.79 Å². The first-order valence-electron chi connectivity index (χ1n) is 7.20. The van der Waals surface area contributed by atoms with E-state index in [2.05, 4.69) is 36.3 Å². The normalized spacial score (nSPS) is 12.2. The van der Waals surface area contributed by atoms with Crippen molar-refractivity contribution in [1.29, 1.82) is 0 Å². The van der Waals surface area contributed by atoms with Crippen molar-refractivity contribution in [2.75, 3.05) is 24.2 Å². The first-order chi connectivity index (χ1) is 9.58. The molecule has 1 rings (SSSR count). The number of carboxylic acids is 1. The van der Waals surface area contributed by atoms with E-state index >= 15 is 0 Å². The van der Waals surface area contributed by atoms with Crippen molar-refractivity contribution in [3.8, 4) is 0 Å². The predicted molar refractivity (Wildman–Crippen MR) is 86.8 cm³/mol. The molecule has 112 valence electrons. The van der Waals surface area contributed by atoms with Gasteiger partial charge in [-0.05, 0) is 30.9 Å². The third-order valence-electron chi connectivity index (χ3n) is 3.37. The van der Waals surface area contributed by atoms with E-state index in [0.29, 0.717) is 6.54 Å². The van der Waals surface area contributed by atoms with E-state index in [0.717, 1.165) is 18.7 Å². The van der Waals surface area contributed by atoms with Crippen molar-refractivity contribution in [3.63, 3.8) is 0 Å². The fraction of sp³-hybridized carbons (Fsp3) is 0.562. The Hall–Kier alpha value is -1.16. The highest BCUT2D eigenvalue weighted by Crippen LogP contribution is 2.23. The summed E-state index contributed by atoms with van der Waals surface area (Å²) in [6.07, 6.45) is 5.51. The molecule has 0 heterocycles. The Morgan fingerprint density at radius 1 is 1.40 bits per heavy atom. The highest BCUT2D eigenvalue weighted by atomic mass is 32.2. The van der Waals surface area contributed by atoms with Crippen LogP contribution in [-0.4, -0.2) is 30.4 Å². The molecule has 1 N–H and O–H groups in total. The number of rotatable bonds is 9. The number of hydrogen-bond donors (Lipinski definition) is 1. The number of carbonyl (C=O) groups is 1. The monoisotopic (exact) mass is 295 g/mol. The predicted octanol–water partition coefficient (Wildman–Crippen LogP) is 4.13. The van der Waals surface area contributed by atoms with Crippen LogP contribution in [0, 0.1) is 5.92 Å². The molecular formula is C16H25NO2S. The summed E-state index contributed by atoms with van der Waals surface area (Å²) < 4.78 is 0. The van der Waals surface area contributed by atoms with Crippen LogP contribution in [0.15, 0.2) is 29.2 Å². The van der Waals surface area contributed by atoms with Gasteiger partial charge in [-0.25, -0.2) is 0 Å². The molecule has 0 amide bonds. The summed E-state index contributed by atoms with van der Waals surface area (Å²) in [7, 11) is 0. The zero-order chi connectivity index (χ0) is 15.0. The average Bonchev–Trinajstić information content (AvgIpc) is 2.46. The molecule has 0 aliphatic rings. The van der Waals surface area contributed by atoms with Gasteiger partial charge in [-0.3, -0.25) is 4.79 Å². The number of benzene rings is 1. The molecule has 0 bridgehead atoms. The number of aliphatic carboxylic acids is 1. The van der Waals surface area contributed by atoms with Crippen LogP contribution in [0.25, 0.3) is 0 Å². The van der Waals surface area contributed by atoms with Gasteiger partial charge in [0.25, 0.3) is 0 Å². The minimum absolute atomic E-state index is 0.352. The quantitative estimate of drug-likeness (QED) is 0.549. The van der Waals surface area contributed by atoms with Gasteiger partial charge in [0.15, 0.2) is 0 Å². The molecule has 0 saturated carbocycles. The first-order valence-corrected chi connectivity index (χ1v) is 8.42. The third kappa shape index (κ3) is 5.45. The van der Waals surface area contributed by atoms with Crippen molar-refractivity contribution in [1.82, 2.24) is 0 Å². The van der Waals surface area contributed by atoms with Crippen molar-refractivity contribution in [2.45, 2.75) is 38.0 Å². The van der Waals surface area contributed by atoms with Gasteiger partial charge in [-0.1, -0.05) is 32.8 Å². The minimum Gasteiger partial charge on any atom is -0.481 e. The van der Waals surface area contributed by atoms with Gasteiger partial charge < -0.3 is 10.0 Å². The Bertz CT molecular complexity index is 423. The number of hydrogen-bond acceptors (Lipinski definition) is 3. The van der Waals surface area contributed by atoms with Crippen molar-refractivity contribution < 1.29 is 9.90 Å². The molecule has 0 fully saturated rings. The summed E-state index contributed by atoms with van der Waals surface area (Å²) in [5.41, 5.74) is 1.13. The maximum atomic E-state index is 11.1. The Morgan fingerprint density at radius 2 is 2.15 bits per heavy atom. The Morgan fingerprint density at radius 3 is 2.75 bits per heavy atom. The number of unbranched alkanes of at least 4 members (excludes halogenated alkanes) is 2. The molecule has 1 atom stereocenters. The van der Waals surface area contributed by atoms with E-state index in [4.69, 9.17) is 5.11 Å². The second kappa shape index (κ2) is 8.90. The Labute approximate surface area is 126 Å². The Balaban J connectivity index is 2.81. The van der Waals surface area contributed by atoms with Crippen molar-refractivity contribution in [3.05, 3.63) is 24.3 Å². The largest absolute Gasteiger partial charge is 0.481 e. The summed E-state index contributed by atoms with van der Waals surface area (Å²) in [5, 5.41) is 9.12. The number of thioether (sulfide) groups is 1. The molecule has 0 spiro atoms. The SMILES string of the molecule is CCCCCN(CC(C)C(=O)O)c1cccc(SC)c1. The summed E-state index contributed by atoms with van der Waals surface area (Å²) in [6, 6.07) is 8.34. The third-order valence-corrected chi connectivity index (χ3v) is 4.09. The Kier molecular flexibility index (Phi) is 7.52.